The number of aryl methyl sites for hydroxylation is 1. The number of nitrogens with zero attached hydrogens (tertiary/aromatic N) is 1. The van der Waals surface area contributed by atoms with Gasteiger partial charge in [0.15, 0.2) is 0 Å². The molecule has 20 heavy (non-hydrogen) atoms. The lowest BCUT2D eigenvalue weighted by Gasteiger charge is -2.37. The van der Waals surface area contributed by atoms with Crippen LogP contribution in [0.2, 0.25) is 0 Å². The monoisotopic (exact) mass is 337 g/mol. The third-order valence-corrected chi connectivity index (χ3v) is 5.94. The molecule has 0 atom stereocenters. The fourth-order valence-corrected chi connectivity index (χ4v) is 4.10. The van der Waals surface area contributed by atoms with Crippen molar-refractivity contribution >= 4 is 21.6 Å². The number of rotatable bonds is 5. The minimum atomic E-state index is 0.470. The Morgan fingerprint density at radius 3 is 2.15 bits per heavy atom. The Kier molecular flexibility index (Phi) is 5.95. The highest BCUT2D eigenvalue weighted by Crippen LogP contribution is 2.38. The van der Waals surface area contributed by atoms with Crippen LogP contribution in [0, 0.1) is 12.3 Å². The lowest BCUT2D eigenvalue weighted by Crippen LogP contribution is -2.39. The topological polar surface area (TPSA) is 3.24 Å². The summed E-state index contributed by atoms with van der Waals surface area (Å²) < 4.78 is 0. The lowest BCUT2D eigenvalue weighted by molar-refractivity contribution is 0.292. The van der Waals surface area contributed by atoms with Crippen molar-refractivity contribution in [2.45, 2.75) is 52.4 Å². The summed E-state index contributed by atoms with van der Waals surface area (Å²) in [4.78, 5) is 2.56. The van der Waals surface area contributed by atoms with Crippen molar-refractivity contribution in [2.24, 2.45) is 5.41 Å². The molecule has 0 aromatic heterocycles. The average Bonchev–Trinajstić information content (AvgIpc) is 2.72. The zero-order valence-corrected chi connectivity index (χ0v) is 14.6. The standard InChI is InChI=1S/C18H28BrN/c1-3-20(17-10-8-16(2)9-11-17)15-18(14-19)12-6-4-5-7-13-18/h8-11H,3-7,12-15H2,1-2H3. The van der Waals surface area contributed by atoms with Gasteiger partial charge < -0.3 is 4.90 Å². The van der Waals surface area contributed by atoms with Gasteiger partial charge in [-0.05, 0) is 44.2 Å². The molecule has 1 aliphatic rings. The first-order chi connectivity index (χ1) is 9.69. The summed E-state index contributed by atoms with van der Waals surface area (Å²) >= 11 is 3.82. The second-order valence-electron chi connectivity index (χ2n) is 6.40. The summed E-state index contributed by atoms with van der Waals surface area (Å²) in [5.74, 6) is 0. The summed E-state index contributed by atoms with van der Waals surface area (Å²) in [6.07, 6.45) is 8.39. The van der Waals surface area contributed by atoms with Gasteiger partial charge in [-0.2, -0.15) is 0 Å². The summed E-state index contributed by atoms with van der Waals surface area (Å²) in [5.41, 5.74) is 3.19. The maximum absolute atomic E-state index is 3.82. The predicted molar refractivity (Wildman–Crippen MR) is 93.0 cm³/mol. The summed E-state index contributed by atoms with van der Waals surface area (Å²) in [5, 5.41) is 1.14. The van der Waals surface area contributed by atoms with E-state index in [9.17, 15) is 0 Å². The molecule has 0 radical (unpaired) electrons. The van der Waals surface area contributed by atoms with Crippen LogP contribution in [0.1, 0.15) is 51.0 Å². The molecule has 2 heteroatoms. The average molecular weight is 338 g/mol. The summed E-state index contributed by atoms with van der Waals surface area (Å²) in [6, 6.07) is 9.01. The third kappa shape index (κ3) is 4.00. The van der Waals surface area contributed by atoms with Gasteiger partial charge in [0, 0.05) is 24.1 Å². The zero-order chi connectivity index (χ0) is 14.4. The van der Waals surface area contributed by atoms with Crippen molar-refractivity contribution in [2.75, 3.05) is 23.3 Å². The van der Waals surface area contributed by atoms with Gasteiger partial charge in [0.05, 0.1) is 0 Å². The first-order valence-corrected chi connectivity index (χ1v) is 9.19. The number of halogens is 1. The van der Waals surface area contributed by atoms with Crippen molar-refractivity contribution in [3.05, 3.63) is 29.8 Å². The van der Waals surface area contributed by atoms with E-state index in [0.717, 1.165) is 11.9 Å². The Bertz CT molecular complexity index is 390. The van der Waals surface area contributed by atoms with Crippen LogP contribution in [0.4, 0.5) is 5.69 Å². The maximum atomic E-state index is 3.82. The molecule has 0 bridgehead atoms. The Balaban J connectivity index is 2.12. The molecule has 1 aliphatic carbocycles. The first kappa shape index (κ1) is 15.9. The van der Waals surface area contributed by atoms with Gasteiger partial charge >= 0.3 is 0 Å². The highest BCUT2D eigenvalue weighted by Gasteiger charge is 2.31. The summed E-state index contributed by atoms with van der Waals surface area (Å²) in [6.45, 7) is 6.72. The quantitative estimate of drug-likeness (QED) is 0.502. The molecular weight excluding hydrogens is 310 g/mol. The maximum Gasteiger partial charge on any atom is 0.0366 e. The van der Waals surface area contributed by atoms with Gasteiger partial charge in [0.1, 0.15) is 0 Å². The van der Waals surface area contributed by atoms with Crippen LogP contribution in [-0.4, -0.2) is 18.4 Å². The number of alkyl halides is 1. The van der Waals surface area contributed by atoms with Crippen molar-refractivity contribution < 1.29 is 0 Å². The van der Waals surface area contributed by atoms with E-state index >= 15 is 0 Å². The van der Waals surface area contributed by atoms with E-state index in [1.807, 2.05) is 0 Å². The van der Waals surface area contributed by atoms with Crippen LogP contribution in [0.3, 0.4) is 0 Å². The fraction of sp³-hybridized carbons (Fsp3) is 0.667. The molecule has 0 unspecified atom stereocenters. The molecule has 112 valence electrons. The number of benzene rings is 1. The van der Waals surface area contributed by atoms with E-state index < -0.39 is 0 Å². The molecule has 0 heterocycles. The molecule has 0 amide bonds. The van der Waals surface area contributed by atoms with Gasteiger partial charge in [-0.25, -0.2) is 0 Å². The molecule has 1 aromatic carbocycles. The van der Waals surface area contributed by atoms with E-state index in [1.54, 1.807) is 0 Å². The van der Waals surface area contributed by atoms with Crippen LogP contribution in [0.25, 0.3) is 0 Å². The van der Waals surface area contributed by atoms with Crippen molar-refractivity contribution in [1.29, 1.82) is 0 Å². The van der Waals surface area contributed by atoms with E-state index in [2.05, 4.69) is 58.9 Å². The zero-order valence-electron chi connectivity index (χ0n) is 13.0. The highest BCUT2D eigenvalue weighted by molar-refractivity contribution is 9.09. The fourth-order valence-electron chi connectivity index (χ4n) is 3.36. The van der Waals surface area contributed by atoms with Gasteiger partial charge in [-0.3, -0.25) is 0 Å². The molecule has 0 N–H and O–H groups in total. The Hall–Kier alpha value is -0.500. The summed E-state index contributed by atoms with van der Waals surface area (Å²) in [7, 11) is 0. The Morgan fingerprint density at radius 2 is 1.65 bits per heavy atom. The minimum absolute atomic E-state index is 0.470. The van der Waals surface area contributed by atoms with E-state index in [1.165, 1.54) is 56.3 Å². The lowest BCUT2D eigenvalue weighted by atomic mass is 9.82. The van der Waals surface area contributed by atoms with Crippen LogP contribution >= 0.6 is 15.9 Å². The molecule has 0 aliphatic heterocycles. The van der Waals surface area contributed by atoms with Gasteiger partial charge in [0.2, 0.25) is 0 Å². The molecule has 0 saturated heterocycles. The van der Waals surface area contributed by atoms with E-state index in [0.29, 0.717) is 5.41 Å². The molecule has 0 spiro atoms. The Labute approximate surface area is 132 Å². The van der Waals surface area contributed by atoms with Gasteiger partial charge in [-0.15, -0.1) is 0 Å². The van der Waals surface area contributed by atoms with E-state index in [4.69, 9.17) is 0 Å². The number of hydrogen-bond acceptors (Lipinski definition) is 1. The first-order valence-electron chi connectivity index (χ1n) is 8.07. The smallest absolute Gasteiger partial charge is 0.0366 e. The molecule has 1 nitrogen and oxygen atoms in total. The predicted octanol–water partition coefficient (Wildman–Crippen LogP) is 5.56. The Morgan fingerprint density at radius 1 is 1.05 bits per heavy atom. The third-order valence-electron chi connectivity index (χ3n) is 4.75. The minimum Gasteiger partial charge on any atom is -0.371 e. The number of anilines is 1. The van der Waals surface area contributed by atoms with Crippen LogP contribution in [-0.2, 0) is 0 Å². The van der Waals surface area contributed by atoms with Gasteiger partial charge in [0.25, 0.3) is 0 Å². The molecule has 1 fully saturated rings. The van der Waals surface area contributed by atoms with Crippen LogP contribution < -0.4 is 4.90 Å². The van der Waals surface area contributed by atoms with E-state index in [-0.39, 0.29) is 0 Å². The van der Waals surface area contributed by atoms with Crippen molar-refractivity contribution in [3.8, 4) is 0 Å². The molecule has 1 aromatic rings. The van der Waals surface area contributed by atoms with Crippen molar-refractivity contribution in [3.63, 3.8) is 0 Å². The SMILES string of the molecule is CCN(CC1(CBr)CCCCCC1)c1ccc(C)cc1. The second-order valence-corrected chi connectivity index (χ2v) is 6.96. The highest BCUT2D eigenvalue weighted by atomic mass is 79.9. The second kappa shape index (κ2) is 7.49. The molecular formula is C18H28BrN. The largest absolute Gasteiger partial charge is 0.371 e. The number of hydrogen-bond donors (Lipinski definition) is 0. The van der Waals surface area contributed by atoms with Crippen LogP contribution in [0.5, 0.6) is 0 Å². The van der Waals surface area contributed by atoms with Crippen molar-refractivity contribution in [1.82, 2.24) is 0 Å². The van der Waals surface area contributed by atoms with Crippen LogP contribution in [0.15, 0.2) is 24.3 Å². The molecule has 2 rings (SSSR count). The molecule has 1 saturated carbocycles. The van der Waals surface area contributed by atoms with Gasteiger partial charge in [-0.1, -0.05) is 59.3 Å². The normalized spacial score (nSPS) is 18.6.